The largest absolute Gasteiger partial charge is 0.319 e. The number of aryl methyl sites for hydroxylation is 2. The quantitative estimate of drug-likeness (QED) is 0.856. The SMILES string of the molecule is CCC1CCCCC1(N)c1nc(C)c(C)s1. The third kappa shape index (κ3) is 1.91. The number of hydrogen-bond acceptors (Lipinski definition) is 3. The molecule has 0 aromatic carbocycles. The summed E-state index contributed by atoms with van der Waals surface area (Å²) >= 11 is 1.80. The van der Waals surface area contributed by atoms with E-state index in [1.54, 1.807) is 11.3 Å². The molecular weight excluding hydrogens is 216 g/mol. The highest BCUT2D eigenvalue weighted by Crippen LogP contribution is 2.43. The summed E-state index contributed by atoms with van der Waals surface area (Å²) in [6, 6.07) is 0. The van der Waals surface area contributed by atoms with Crippen molar-refractivity contribution < 1.29 is 0 Å². The Labute approximate surface area is 102 Å². The van der Waals surface area contributed by atoms with E-state index in [0.717, 1.165) is 12.1 Å². The molecule has 0 spiro atoms. The predicted molar refractivity (Wildman–Crippen MR) is 69.7 cm³/mol. The molecule has 0 bridgehead atoms. The summed E-state index contributed by atoms with van der Waals surface area (Å²) in [5.74, 6) is 0.617. The van der Waals surface area contributed by atoms with E-state index in [0.29, 0.717) is 5.92 Å². The molecule has 0 amide bonds. The Bertz CT molecular complexity index is 353. The standard InChI is InChI=1S/C13H22N2S/c1-4-11-7-5-6-8-13(11,14)12-15-9(2)10(3)16-12/h11H,4-8,14H2,1-3H3. The molecule has 1 aliphatic rings. The Morgan fingerprint density at radius 1 is 1.44 bits per heavy atom. The minimum atomic E-state index is -0.142. The number of nitrogens with zero attached hydrogens (tertiary/aromatic N) is 1. The van der Waals surface area contributed by atoms with Crippen LogP contribution in [0.5, 0.6) is 0 Å². The second kappa shape index (κ2) is 4.46. The lowest BCUT2D eigenvalue weighted by molar-refractivity contribution is 0.183. The number of hydrogen-bond donors (Lipinski definition) is 1. The predicted octanol–water partition coefficient (Wildman–Crippen LogP) is 3.51. The average molecular weight is 238 g/mol. The monoisotopic (exact) mass is 238 g/mol. The highest BCUT2D eigenvalue weighted by atomic mass is 32.1. The first-order valence-electron chi connectivity index (χ1n) is 6.31. The fourth-order valence-electron chi connectivity index (χ4n) is 2.79. The summed E-state index contributed by atoms with van der Waals surface area (Å²) in [4.78, 5) is 6.02. The zero-order valence-electron chi connectivity index (χ0n) is 10.5. The second-order valence-electron chi connectivity index (χ2n) is 5.05. The van der Waals surface area contributed by atoms with Crippen molar-refractivity contribution in [2.24, 2.45) is 11.7 Å². The lowest BCUT2D eigenvalue weighted by Crippen LogP contribution is -2.46. The second-order valence-corrected chi connectivity index (χ2v) is 6.26. The zero-order valence-corrected chi connectivity index (χ0v) is 11.4. The van der Waals surface area contributed by atoms with Crippen molar-refractivity contribution in [3.05, 3.63) is 15.6 Å². The Balaban J connectivity index is 2.34. The Kier molecular flexibility index (Phi) is 3.36. The van der Waals surface area contributed by atoms with Crippen molar-refractivity contribution in [3.8, 4) is 0 Å². The summed E-state index contributed by atoms with van der Waals surface area (Å²) in [6.07, 6.45) is 6.14. The number of rotatable bonds is 2. The molecule has 1 aliphatic carbocycles. The smallest absolute Gasteiger partial charge is 0.113 e. The topological polar surface area (TPSA) is 38.9 Å². The van der Waals surface area contributed by atoms with Crippen LogP contribution in [0.25, 0.3) is 0 Å². The molecular formula is C13H22N2S. The summed E-state index contributed by atoms with van der Waals surface area (Å²) in [5, 5.41) is 1.18. The Morgan fingerprint density at radius 3 is 2.75 bits per heavy atom. The van der Waals surface area contributed by atoms with Gasteiger partial charge >= 0.3 is 0 Å². The van der Waals surface area contributed by atoms with Gasteiger partial charge in [-0.2, -0.15) is 0 Å². The van der Waals surface area contributed by atoms with Gasteiger partial charge in [-0.3, -0.25) is 0 Å². The van der Waals surface area contributed by atoms with E-state index in [1.165, 1.54) is 35.6 Å². The molecule has 2 rings (SSSR count). The molecule has 0 saturated heterocycles. The highest BCUT2D eigenvalue weighted by Gasteiger charge is 2.40. The summed E-state index contributed by atoms with van der Waals surface area (Å²) in [7, 11) is 0. The fraction of sp³-hybridized carbons (Fsp3) is 0.769. The van der Waals surface area contributed by atoms with Gasteiger partial charge in [-0.05, 0) is 32.6 Å². The first-order chi connectivity index (χ1) is 7.58. The van der Waals surface area contributed by atoms with Crippen LogP contribution in [0.3, 0.4) is 0 Å². The summed E-state index contributed by atoms with van der Waals surface area (Å²) in [5.41, 5.74) is 7.68. The molecule has 2 N–H and O–H groups in total. The third-order valence-corrected chi connectivity index (χ3v) is 5.31. The lowest BCUT2D eigenvalue weighted by Gasteiger charge is -2.39. The van der Waals surface area contributed by atoms with Crippen LogP contribution in [0.2, 0.25) is 0 Å². The van der Waals surface area contributed by atoms with Crippen LogP contribution >= 0.6 is 11.3 Å². The minimum Gasteiger partial charge on any atom is -0.319 e. The van der Waals surface area contributed by atoms with Crippen LogP contribution in [-0.4, -0.2) is 4.98 Å². The van der Waals surface area contributed by atoms with E-state index in [-0.39, 0.29) is 5.54 Å². The zero-order chi connectivity index (χ0) is 11.8. The van der Waals surface area contributed by atoms with Gasteiger partial charge in [0.2, 0.25) is 0 Å². The minimum absolute atomic E-state index is 0.142. The molecule has 16 heavy (non-hydrogen) atoms. The van der Waals surface area contributed by atoms with Crippen molar-refractivity contribution in [1.82, 2.24) is 4.98 Å². The molecule has 1 aromatic heterocycles. The van der Waals surface area contributed by atoms with Gasteiger partial charge in [-0.15, -0.1) is 11.3 Å². The molecule has 2 unspecified atom stereocenters. The van der Waals surface area contributed by atoms with Crippen LogP contribution in [0.15, 0.2) is 0 Å². The molecule has 0 radical (unpaired) electrons. The van der Waals surface area contributed by atoms with Crippen molar-refractivity contribution in [1.29, 1.82) is 0 Å². The van der Waals surface area contributed by atoms with Crippen molar-refractivity contribution in [2.75, 3.05) is 0 Å². The molecule has 90 valence electrons. The van der Waals surface area contributed by atoms with Crippen LogP contribution < -0.4 is 5.73 Å². The van der Waals surface area contributed by atoms with Crippen LogP contribution in [0.1, 0.15) is 54.6 Å². The lowest BCUT2D eigenvalue weighted by atomic mass is 9.72. The van der Waals surface area contributed by atoms with Gasteiger partial charge in [-0.1, -0.05) is 26.2 Å². The maximum atomic E-state index is 6.67. The van der Waals surface area contributed by atoms with Gasteiger partial charge in [-0.25, -0.2) is 4.98 Å². The molecule has 1 heterocycles. The van der Waals surface area contributed by atoms with E-state index in [4.69, 9.17) is 10.7 Å². The molecule has 2 nitrogen and oxygen atoms in total. The van der Waals surface area contributed by atoms with Crippen LogP contribution in [-0.2, 0) is 5.54 Å². The van der Waals surface area contributed by atoms with Gasteiger partial charge in [0.15, 0.2) is 0 Å². The van der Waals surface area contributed by atoms with Gasteiger partial charge in [0, 0.05) is 4.88 Å². The first kappa shape index (κ1) is 12.1. The fourth-order valence-corrected chi connectivity index (χ4v) is 3.92. The maximum absolute atomic E-state index is 6.67. The number of aromatic nitrogens is 1. The molecule has 1 aromatic rings. The van der Waals surface area contributed by atoms with E-state index < -0.39 is 0 Å². The first-order valence-corrected chi connectivity index (χ1v) is 7.13. The highest BCUT2D eigenvalue weighted by molar-refractivity contribution is 7.11. The van der Waals surface area contributed by atoms with Crippen molar-refractivity contribution in [2.45, 2.75) is 58.4 Å². The van der Waals surface area contributed by atoms with Crippen LogP contribution in [0.4, 0.5) is 0 Å². The number of thiazole rings is 1. The van der Waals surface area contributed by atoms with Crippen molar-refractivity contribution in [3.63, 3.8) is 0 Å². The molecule has 3 heteroatoms. The van der Waals surface area contributed by atoms with E-state index in [1.807, 2.05) is 0 Å². The van der Waals surface area contributed by atoms with Crippen molar-refractivity contribution >= 4 is 11.3 Å². The summed E-state index contributed by atoms with van der Waals surface area (Å²) < 4.78 is 0. The summed E-state index contributed by atoms with van der Waals surface area (Å²) in [6.45, 7) is 6.48. The van der Waals surface area contributed by atoms with Gasteiger partial charge < -0.3 is 5.73 Å². The van der Waals surface area contributed by atoms with E-state index >= 15 is 0 Å². The van der Waals surface area contributed by atoms with Crippen LogP contribution in [0, 0.1) is 19.8 Å². The van der Waals surface area contributed by atoms with Gasteiger partial charge in [0.05, 0.1) is 11.2 Å². The van der Waals surface area contributed by atoms with Gasteiger partial charge in [0.1, 0.15) is 5.01 Å². The number of nitrogens with two attached hydrogens (primary N) is 1. The molecule has 2 atom stereocenters. The third-order valence-electron chi connectivity index (χ3n) is 4.04. The van der Waals surface area contributed by atoms with E-state index in [9.17, 15) is 0 Å². The molecule has 1 saturated carbocycles. The van der Waals surface area contributed by atoms with Gasteiger partial charge in [0.25, 0.3) is 0 Å². The average Bonchev–Trinajstić information content (AvgIpc) is 2.60. The molecule has 0 aliphatic heterocycles. The Hall–Kier alpha value is -0.410. The van der Waals surface area contributed by atoms with E-state index in [2.05, 4.69) is 20.8 Å². The molecule has 1 fully saturated rings. The normalized spacial score (nSPS) is 30.6. The Morgan fingerprint density at radius 2 is 2.19 bits per heavy atom. The maximum Gasteiger partial charge on any atom is 0.113 e.